The summed E-state index contributed by atoms with van der Waals surface area (Å²) in [4.78, 5) is 27.4. The summed E-state index contributed by atoms with van der Waals surface area (Å²) in [6.07, 6.45) is -0.920. The first kappa shape index (κ1) is 18.4. The number of rotatable bonds is 2. The van der Waals surface area contributed by atoms with E-state index < -0.39 is 12.2 Å². The van der Waals surface area contributed by atoms with Crippen LogP contribution in [0.25, 0.3) is 0 Å². The molecule has 1 heterocycles. The topological polar surface area (TPSA) is 59.1 Å². The van der Waals surface area contributed by atoms with Gasteiger partial charge in [-0.2, -0.15) is 0 Å². The van der Waals surface area contributed by atoms with Gasteiger partial charge in [-0.15, -0.1) is 0 Å². The Kier molecular flexibility index (Phi) is 5.85. The summed E-state index contributed by atoms with van der Waals surface area (Å²) in [5.41, 5.74) is 0. The molecule has 1 saturated heterocycles. The van der Waals surface area contributed by atoms with Gasteiger partial charge in [-0.3, -0.25) is 0 Å². The lowest BCUT2D eigenvalue weighted by molar-refractivity contribution is 0.101. The molecule has 0 atom stereocenters. The van der Waals surface area contributed by atoms with Crippen molar-refractivity contribution in [2.24, 2.45) is 0 Å². The van der Waals surface area contributed by atoms with Crippen LogP contribution in [0.3, 0.4) is 0 Å². The summed E-state index contributed by atoms with van der Waals surface area (Å²) in [5.74, 6) is 0.841. The third-order valence-corrected chi connectivity index (χ3v) is 4.34. The van der Waals surface area contributed by atoms with Crippen LogP contribution in [0.1, 0.15) is 0 Å². The van der Waals surface area contributed by atoms with E-state index in [1.54, 1.807) is 58.3 Å². The van der Waals surface area contributed by atoms with Crippen LogP contribution in [0, 0.1) is 0 Å². The minimum absolute atomic E-state index is 0.363. The summed E-state index contributed by atoms with van der Waals surface area (Å²) in [7, 11) is 0. The zero-order chi connectivity index (χ0) is 18.5. The van der Waals surface area contributed by atoms with E-state index in [4.69, 9.17) is 32.7 Å². The lowest BCUT2D eigenvalue weighted by Gasteiger charge is -2.33. The smallest absolute Gasteiger partial charge is 0.410 e. The van der Waals surface area contributed by atoms with Crippen molar-refractivity contribution in [3.63, 3.8) is 0 Å². The van der Waals surface area contributed by atoms with Crippen molar-refractivity contribution in [1.29, 1.82) is 0 Å². The van der Waals surface area contributed by atoms with Crippen molar-refractivity contribution >= 4 is 35.4 Å². The van der Waals surface area contributed by atoms with Gasteiger partial charge in [0.2, 0.25) is 0 Å². The predicted molar refractivity (Wildman–Crippen MR) is 98.1 cm³/mol. The van der Waals surface area contributed by atoms with Crippen molar-refractivity contribution in [3.05, 3.63) is 58.6 Å². The molecule has 1 aliphatic heterocycles. The number of carbonyl (C=O) groups excluding carboxylic acids is 2. The molecule has 1 fully saturated rings. The fraction of sp³-hybridized carbons (Fsp3) is 0.222. The van der Waals surface area contributed by atoms with E-state index in [1.807, 2.05) is 0 Å². The first-order valence-corrected chi connectivity index (χ1v) is 8.71. The molecule has 2 aromatic carbocycles. The van der Waals surface area contributed by atoms with Crippen LogP contribution in [0.15, 0.2) is 48.5 Å². The average molecular weight is 395 g/mol. The summed E-state index contributed by atoms with van der Waals surface area (Å²) < 4.78 is 10.6. The second kappa shape index (κ2) is 8.29. The number of hydrogen-bond acceptors (Lipinski definition) is 4. The molecule has 0 N–H and O–H groups in total. The summed E-state index contributed by atoms with van der Waals surface area (Å²) in [5, 5.41) is 1.13. The van der Waals surface area contributed by atoms with Crippen LogP contribution < -0.4 is 9.47 Å². The van der Waals surface area contributed by atoms with Gasteiger partial charge in [-0.25, -0.2) is 9.59 Å². The third-order valence-electron chi connectivity index (χ3n) is 3.83. The second-order valence-electron chi connectivity index (χ2n) is 5.62. The lowest BCUT2D eigenvalue weighted by atomic mass is 10.3. The molecular weight excluding hydrogens is 379 g/mol. The minimum Gasteiger partial charge on any atom is -0.410 e. The van der Waals surface area contributed by atoms with Crippen LogP contribution >= 0.6 is 23.2 Å². The highest BCUT2D eigenvalue weighted by Crippen LogP contribution is 2.18. The Morgan fingerprint density at radius 2 is 0.962 bits per heavy atom. The van der Waals surface area contributed by atoms with Crippen molar-refractivity contribution < 1.29 is 19.1 Å². The van der Waals surface area contributed by atoms with Crippen molar-refractivity contribution in [3.8, 4) is 11.5 Å². The number of hydrogen-bond donors (Lipinski definition) is 0. The van der Waals surface area contributed by atoms with E-state index in [1.165, 1.54) is 0 Å². The maximum absolute atomic E-state index is 12.2. The Labute approximate surface area is 160 Å². The van der Waals surface area contributed by atoms with Crippen molar-refractivity contribution in [2.45, 2.75) is 0 Å². The molecule has 0 spiro atoms. The average Bonchev–Trinajstić information content (AvgIpc) is 2.65. The van der Waals surface area contributed by atoms with Gasteiger partial charge in [0.05, 0.1) is 0 Å². The van der Waals surface area contributed by atoms with E-state index in [-0.39, 0.29) is 0 Å². The number of piperazine rings is 1. The minimum atomic E-state index is -0.460. The molecule has 0 radical (unpaired) electrons. The van der Waals surface area contributed by atoms with E-state index in [2.05, 4.69) is 0 Å². The quantitative estimate of drug-likeness (QED) is 0.761. The normalized spacial score (nSPS) is 14.1. The highest BCUT2D eigenvalue weighted by Gasteiger charge is 2.26. The van der Waals surface area contributed by atoms with Crippen LogP contribution in [-0.2, 0) is 0 Å². The number of ether oxygens (including phenoxy) is 2. The van der Waals surface area contributed by atoms with E-state index >= 15 is 0 Å². The Bertz CT molecular complexity index is 705. The number of carbonyl (C=O) groups is 2. The number of amides is 2. The molecule has 8 heteroatoms. The SMILES string of the molecule is O=C(Oc1ccc(Cl)cc1)N1CCN(C(=O)Oc2ccc(Cl)cc2)CC1. The maximum atomic E-state index is 12.2. The molecule has 136 valence electrons. The van der Waals surface area contributed by atoms with Crippen LogP contribution in [0.4, 0.5) is 9.59 Å². The largest absolute Gasteiger partial charge is 0.415 e. The highest BCUT2D eigenvalue weighted by atomic mass is 35.5. The fourth-order valence-electron chi connectivity index (χ4n) is 2.41. The van der Waals surface area contributed by atoms with Gasteiger partial charge in [-0.05, 0) is 48.5 Å². The van der Waals surface area contributed by atoms with Gasteiger partial charge < -0.3 is 19.3 Å². The second-order valence-corrected chi connectivity index (χ2v) is 6.49. The first-order chi connectivity index (χ1) is 12.5. The van der Waals surface area contributed by atoms with Gasteiger partial charge in [0, 0.05) is 36.2 Å². The Balaban J connectivity index is 1.48. The molecule has 0 aliphatic carbocycles. The number of halogens is 2. The van der Waals surface area contributed by atoms with E-state index in [0.717, 1.165) is 0 Å². The first-order valence-electron chi connectivity index (χ1n) is 7.96. The number of benzene rings is 2. The molecule has 0 bridgehead atoms. The lowest BCUT2D eigenvalue weighted by Crippen LogP contribution is -2.52. The summed E-state index contributed by atoms with van der Waals surface area (Å²) in [6, 6.07) is 13.1. The zero-order valence-electron chi connectivity index (χ0n) is 13.7. The van der Waals surface area contributed by atoms with Gasteiger partial charge in [-0.1, -0.05) is 23.2 Å². The number of nitrogens with zero attached hydrogens (tertiary/aromatic N) is 2. The standard InChI is InChI=1S/C18H16Cl2N2O4/c19-13-1-5-15(6-2-13)25-17(23)21-9-11-22(12-10-21)18(24)26-16-7-3-14(20)4-8-16/h1-8H,9-12H2. The van der Waals surface area contributed by atoms with E-state index in [0.29, 0.717) is 47.7 Å². The molecular formula is C18H16Cl2N2O4. The molecule has 6 nitrogen and oxygen atoms in total. The Morgan fingerprint density at radius 1 is 0.654 bits per heavy atom. The molecule has 1 aliphatic rings. The predicted octanol–water partition coefficient (Wildman–Crippen LogP) is 4.31. The van der Waals surface area contributed by atoms with Crippen LogP contribution in [0.5, 0.6) is 11.5 Å². The molecule has 0 aromatic heterocycles. The maximum Gasteiger partial charge on any atom is 0.415 e. The molecule has 0 unspecified atom stereocenters. The highest BCUT2D eigenvalue weighted by molar-refractivity contribution is 6.30. The molecule has 3 rings (SSSR count). The van der Waals surface area contributed by atoms with Crippen LogP contribution in [0.2, 0.25) is 10.0 Å². The van der Waals surface area contributed by atoms with Gasteiger partial charge in [0.1, 0.15) is 11.5 Å². The van der Waals surface area contributed by atoms with Gasteiger partial charge in [0.15, 0.2) is 0 Å². The Hall–Kier alpha value is -2.44. The van der Waals surface area contributed by atoms with Gasteiger partial charge in [0.25, 0.3) is 0 Å². The zero-order valence-corrected chi connectivity index (χ0v) is 15.2. The summed E-state index contributed by atoms with van der Waals surface area (Å²) in [6.45, 7) is 1.45. The Morgan fingerprint density at radius 3 is 1.27 bits per heavy atom. The van der Waals surface area contributed by atoms with Crippen LogP contribution in [-0.4, -0.2) is 48.2 Å². The van der Waals surface area contributed by atoms with E-state index in [9.17, 15) is 9.59 Å². The monoisotopic (exact) mass is 394 g/mol. The fourth-order valence-corrected chi connectivity index (χ4v) is 2.66. The van der Waals surface area contributed by atoms with Crippen molar-refractivity contribution in [1.82, 2.24) is 9.80 Å². The van der Waals surface area contributed by atoms with Gasteiger partial charge >= 0.3 is 12.2 Å². The van der Waals surface area contributed by atoms with Crippen molar-refractivity contribution in [2.75, 3.05) is 26.2 Å². The third kappa shape index (κ3) is 4.80. The molecule has 0 saturated carbocycles. The molecule has 2 amide bonds. The molecule has 26 heavy (non-hydrogen) atoms. The summed E-state index contributed by atoms with van der Waals surface area (Å²) >= 11 is 11.6. The molecule has 2 aromatic rings.